The van der Waals surface area contributed by atoms with Crippen molar-refractivity contribution in [1.82, 2.24) is 0 Å². The van der Waals surface area contributed by atoms with Gasteiger partial charge in [-0.3, -0.25) is 0 Å². The summed E-state index contributed by atoms with van der Waals surface area (Å²) in [6.07, 6.45) is 18.7. The molecule has 0 aromatic heterocycles. The van der Waals surface area contributed by atoms with Gasteiger partial charge in [0, 0.05) is 34.8 Å². The molecule has 0 atom stereocenters. The Hall–Kier alpha value is -2.00. The number of nitrogens with zero attached hydrogens (tertiary/aromatic N) is 3. The molecule has 0 N–H and O–H groups in total. The molecule has 0 fully saturated rings. The third-order valence-electron chi connectivity index (χ3n) is 2.09. The fraction of sp³-hybridized carbons (Fsp3) is 0.0714. The van der Waals surface area contributed by atoms with E-state index >= 15 is 0 Å². The molecule has 6 heteroatoms. The van der Waals surface area contributed by atoms with Crippen molar-refractivity contribution >= 4 is 5.97 Å². The predicted octanol–water partition coefficient (Wildman–Crippen LogP) is 3.37. The van der Waals surface area contributed by atoms with Gasteiger partial charge in [-0.2, -0.15) is 0 Å². The van der Waals surface area contributed by atoms with Gasteiger partial charge in [-0.05, 0) is 17.2 Å². The molecule has 0 saturated heterocycles. The first kappa shape index (κ1) is 18.0. The van der Waals surface area contributed by atoms with Gasteiger partial charge < -0.3 is 4.74 Å². The summed E-state index contributed by atoms with van der Waals surface area (Å²) in [5.41, 5.74) is 8.95. The second kappa shape index (κ2) is 10.9. The van der Waals surface area contributed by atoms with Gasteiger partial charge in [0.1, 0.15) is 5.70 Å². The average molecular weight is 311 g/mol. The minimum Gasteiger partial charge on any atom is -0.466 e. The summed E-state index contributed by atoms with van der Waals surface area (Å²) in [6.45, 7) is 0. The number of carbonyl (C=O) groups is 1. The van der Waals surface area contributed by atoms with Crippen molar-refractivity contribution in [3.63, 3.8) is 0 Å². The molecule has 0 aliphatic heterocycles. The third-order valence-corrected chi connectivity index (χ3v) is 2.09. The first-order valence-corrected chi connectivity index (χ1v) is 5.51. The molecule has 2 radical (unpaired) electrons. The Bertz CT molecular complexity index is 515. The van der Waals surface area contributed by atoms with Gasteiger partial charge in [-0.25, -0.2) is 4.79 Å². The summed E-state index contributed by atoms with van der Waals surface area (Å²) >= 11 is 0. The SMILES string of the molecule is COC(=O)/C(=C/C1=C[CH]C=C1)N=[N+]=[N-].[CH]1C=CC=C1.[Fe]. The van der Waals surface area contributed by atoms with Crippen LogP contribution in [0.1, 0.15) is 0 Å². The molecular formula is C14H13FeN3O2. The van der Waals surface area contributed by atoms with E-state index in [9.17, 15) is 4.79 Å². The number of allylic oxidation sites excluding steroid dienone is 9. The molecule has 2 rings (SSSR count). The maximum absolute atomic E-state index is 11.1. The number of hydrogen-bond acceptors (Lipinski definition) is 3. The fourth-order valence-corrected chi connectivity index (χ4v) is 1.25. The van der Waals surface area contributed by atoms with Crippen LogP contribution in [0.25, 0.3) is 10.4 Å². The summed E-state index contributed by atoms with van der Waals surface area (Å²) in [5, 5.41) is 3.24. The van der Waals surface area contributed by atoms with E-state index in [0.29, 0.717) is 0 Å². The van der Waals surface area contributed by atoms with Gasteiger partial charge in [0.25, 0.3) is 0 Å². The van der Waals surface area contributed by atoms with Crippen LogP contribution < -0.4 is 0 Å². The Kier molecular flexibility index (Phi) is 9.79. The van der Waals surface area contributed by atoms with Crippen molar-refractivity contribution in [1.29, 1.82) is 0 Å². The van der Waals surface area contributed by atoms with Gasteiger partial charge in [-0.1, -0.05) is 47.6 Å². The van der Waals surface area contributed by atoms with Crippen molar-refractivity contribution in [3.05, 3.63) is 83.2 Å². The number of ether oxygens (including phenoxy) is 1. The number of hydrogen-bond donors (Lipinski definition) is 0. The smallest absolute Gasteiger partial charge is 0.340 e. The predicted molar refractivity (Wildman–Crippen MR) is 73.3 cm³/mol. The Morgan fingerprint density at radius 3 is 2.35 bits per heavy atom. The number of carbonyl (C=O) groups excluding carboxylic acids is 1. The van der Waals surface area contributed by atoms with E-state index in [1.54, 1.807) is 12.2 Å². The second-order valence-corrected chi connectivity index (χ2v) is 3.39. The summed E-state index contributed by atoms with van der Waals surface area (Å²) in [7, 11) is 1.23. The first-order valence-electron chi connectivity index (χ1n) is 5.51. The van der Waals surface area contributed by atoms with E-state index in [0.717, 1.165) is 5.57 Å². The van der Waals surface area contributed by atoms with E-state index < -0.39 is 5.97 Å². The van der Waals surface area contributed by atoms with Gasteiger partial charge in [-0.15, -0.1) is 0 Å². The van der Waals surface area contributed by atoms with Gasteiger partial charge >= 0.3 is 5.97 Å². The van der Waals surface area contributed by atoms with Crippen molar-refractivity contribution in [2.75, 3.05) is 7.11 Å². The molecule has 104 valence electrons. The van der Waals surface area contributed by atoms with Crippen LogP contribution >= 0.6 is 0 Å². The molecule has 0 aromatic rings. The zero-order valence-electron chi connectivity index (χ0n) is 10.8. The van der Waals surface area contributed by atoms with E-state index in [-0.39, 0.29) is 22.8 Å². The Morgan fingerprint density at radius 2 is 1.95 bits per heavy atom. The molecule has 5 nitrogen and oxygen atoms in total. The standard InChI is InChI=1S/C9H8N3O2.C5H5.Fe/c1-14-9(13)8(11-12-10)6-7-4-2-3-5-7;1-2-4-5-3-1;/h2-6H,1H3;1-5H;/b8-6-;;. The van der Waals surface area contributed by atoms with Gasteiger partial charge in [0.2, 0.25) is 0 Å². The van der Waals surface area contributed by atoms with Crippen molar-refractivity contribution in [2.24, 2.45) is 5.11 Å². The summed E-state index contributed by atoms with van der Waals surface area (Å²) < 4.78 is 4.44. The minimum atomic E-state index is -0.649. The summed E-state index contributed by atoms with van der Waals surface area (Å²) in [6, 6.07) is 0. The van der Waals surface area contributed by atoms with Crippen molar-refractivity contribution in [3.8, 4) is 0 Å². The minimum absolute atomic E-state index is 0. The summed E-state index contributed by atoms with van der Waals surface area (Å²) in [4.78, 5) is 13.6. The molecule has 2 aliphatic rings. The van der Waals surface area contributed by atoms with Crippen LogP contribution in [-0.4, -0.2) is 13.1 Å². The number of esters is 1. The zero-order valence-corrected chi connectivity index (χ0v) is 11.9. The van der Waals surface area contributed by atoms with Crippen LogP contribution in [-0.2, 0) is 26.6 Å². The van der Waals surface area contributed by atoms with E-state index in [4.69, 9.17) is 5.53 Å². The zero-order chi connectivity index (χ0) is 13.9. The largest absolute Gasteiger partial charge is 0.466 e. The van der Waals surface area contributed by atoms with E-state index in [1.165, 1.54) is 13.2 Å². The molecule has 0 unspecified atom stereocenters. The van der Waals surface area contributed by atoms with Crippen molar-refractivity contribution < 1.29 is 26.6 Å². The van der Waals surface area contributed by atoms with E-state index in [2.05, 4.69) is 14.8 Å². The molecule has 2 aliphatic carbocycles. The summed E-state index contributed by atoms with van der Waals surface area (Å²) in [5.74, 6) is -0.649. The molecule has 0 aromatic carbocycles. The van der Waals surface area contributed by atoms with Crippen molar-refractivity contribution in [2.45, 2.75) is 0 Å². The quantitative estimate of drug-likeness (QED) is 0.200. The Morgan fingerprint density at radius 1 is 1.25 bits per heavy atom. The Balaban J connectivity index is 0.000000507. The monoisotopic (exact) mass is 311 g/mol. The maximum Gasteiger partial charge on any atom is 0.340 e. The molecular weight excluding hydrogens is 298 g/mol. The van der Waals surface area contributed by atoms with Crippen LogP contribution in [0.4, 0.5) is 0 Å². The normalized spacial score (nSPS) is 14.7. The van der Waals surface area contributed by atoms with Crippen LogP contribution in [0, 0.1) is 12.8 Å². The number of methoxy groups -OCH3 is 1. The van der Waals surface area contributed by atoms with Gasteiger partial charge in [0.05, 0.1) is 7.11 Å². The number of azide groups is 1. The molecule has 0 amide bonds. The van der Waals surface area contributed by atoms with Crippen LogP contribution in [0.15, 0.2) is 65.0 Å². The Labute approximate surface area is 128 Å². The molecule has 0 heterocycles. The first-order chi connectivity index (χ1) is 9.27. The third kappa shape index (κ3) is 6.80. The number of rotatable bonds is 3. The molecule has 20 heavy (non-hydrogen) atoms. The molecule has 0 saturated carbocycles. The van der Waals surface area contributed by atoms with Crippen LogP contribution in [0.5, 0.6) is 0 Å². The van der Waals surface area contributed by atoms with E-state index in [1.807, 2.05) is 43.2 Å². The molecule has 0 bridgehead atoms. The van der Waals surface area contributed by atoms with Gasteiger partial charge in [0.15, 0.2) is 0 Å². The molecule has 0 spiro atoms. The van der Waals surface area contributed by atoms with Crippen LogP contribution in [0.2, 0.25) is 0 Å². The second-order valence-electron chi connectivity index (χ2n) is 3.39. The average Bonchev–Trinajstić information content (AvgIpc) is 3.12. The fourth-order valence-electron chi connectivity index (χ4n) is 1.25. The maximum atomic E-state index is 11.1. The topological polar surface area (TPSA) is 75.1 Å². The van der Waals surface area contributed by atoms with Crippen LogP contribution in [0.3, 0.4) is 0 Å².